The summed E-state index contributed by atoms with van der Waals surface area (Å²) in [5.41, 5.74) is 0.377. The predicted octanol–water partition coefficient (Wildman–Crippen LogP) is 5.29. The number of aliphatic carboxylic acids is 1. The number of hydrogen-bond acceptors (Lipinski definition) is 4. The predicted molar refractivity (Wildman–Crippen MR) is 114 cm³/mol. The van der Waals surface area contributed by atoms with Crippen LogP contribution in [0.15, 0.2) is 41.1 Å². The second-order valence-corrected chi connectivity index (χ2v) is 8.83. The number of carboxylic acid groups (broad SMARTS) is 1. The highest BCUT2D eigenvalue weighted by atomic mass is 19.1. The summed E-state index contributed by atoms with van der Waals surface area (Å²) in [7, 11) is 0. The highest BCUT2D eigenvalue weighted by molar-refractivity contribution is 5.85. The fourth-order valence-electron chi connectivity index (χ4n) is 4.41. The molecule has 0 amide bonds. The molecule has 1 aliphatic heterocycles. The summed E-state index contributed by atoms with van der Waals surface area (Å²) in [5.74, 6) is -2.88. The first-order valence-electron chi connectivity index (χ1n) is 10.3. The van der Waals surface area contributed by atoms with Gasteiger partial charge in [-0.2, -0.15) is 0 Å². The van der Waals surface area contributed by atoms with E-state index < -0.39 is 29.3 Å². The van der Waals surface area contributed by atoms with Crippen molar-refractivity contribution in [2.45, 2.75) is 44.9 Å². The smallest absolute Gasteiger partial charge is 0.328 e. The summed E-state index contributed by atoms with van der Waals surface area (Å²) in [6.07, 6.45) is 4.02. The van der Waals surface area contributed by atoms with Crippen LogP contribution in [-0.4, -0.2) is 39.4 Å². The Morgan fingerprint density at radius 2 is 1.97 bits per heavy atom. The molecule has 0 saturated heterocycles. The van der Waals surface area contributed by atoms with Crippen molar-refractivity contribution in [3.8, 4) is 0 Å². The fourth-order valence-corrected chi connectivity index (χ4v) is 4.41. The van der Waals surface area contributed by atoms with Crippen LogP contribution >= 0.6 is 0 Å². The Labute approximate surface area is 183 Å². The minimum absolute atomic E-state index is 0.0283. The fraction of sp³-hybridized carbons (Fsp3) is 0.333. The van der Waals surface area contributed by atoms with E-state index in [1.165, 1.54) is 20.0 Å². The Kier molecular flexibility index (Phi) is 5.58. The number of benzene rings is 2. The van der Waals surface area contributed by atoms with Crippen molar-refractivity contribution >= 4 is 23.0 Å². The van der Waals surface area contributed by atoms with Gasteiger partial charge < -0.3 is 9.63 Å². The van der Waals surface area contributed by atoms with E-state index in [1.54, 1.807) is 11.0 Å². The molecule has 168 valence electrons. The number of rotatable bonds is 5. The van der Waals surface area contributed by atoms with Crippen LogP contribution in [-0.2, 0) is 11.2 Å². The molecule has 2 atom stereocenters. The van der Waals surface area contributed by atoms with Crippen LogP contribution in [0.1, 0.15) is 49.1 Å². The molecule has 5 nitrogen and oxygen atoms in total. The SMILES string of the molecule is C[C@H]1Cc2cc3oncc3cc2[C@H](c2c(F)cc(/C=C/C(=O)O)cc2F)N1CC(C)(C)F. The second-order valence-electron chi connectivity index (χ2n) is 8.83. The van der Waals surface area contributed by atoms with Gasteiger partial charge in [0.2, 0.25) is 0 Å². The second kappa shape index (κ2) is 8.09. The van der Waals surface area contributed by atoms with Gasteiger partial charge in [0.1, 0.15) is 17.3 Å². The topological polar surface area (TPSA) is 66.6 Å². The lowest BCUT2D eigenvalue weighted by Gasteiger charge is -2.44. The zero-order chi connectivity index (χ0) is 23.2. The van der Waals surface area contributed by atoms with Gasteiger partial charge >= 0.3 is 5.97 Å². The lowest BCUT2D eigenvalue weighted by atomic mass is 9.83. The van der Waals surface area contributed by atoms with Crippen LogP contribution in [0.3, 0.4) is 0 Å². The molecule has 0 bridgehead atoms. The van der Waals surface area contributed by atoms with Crippen LogP contribution in [0.5, 0.6) is 0 Å². The first-order chi connectivity index (χ1) is 15.0. The number of alkyl halides is 1. The third-order valence-electron chi connectivity index (χ3n) is 5.67. The molecule has 0 unspecified atom stereocenters. The number of halogens is 3. The summed E-state index contributed by atoms with van der Waals surface area (Å²) in [6.45, 7) is 4.73. The zero-order valence-corrected chi connectivity index (χ0v) is 17.9. The Morgan fingerprint density at radius 1 is 1.28 bits per heavy atom. The van der Waals surface area contributed by atoms with Crippen molar-refractivity contribution in [2.24, 2.45) is 0 Å². The number of hydrogen-bond donors (Lipinski definition) is 1. The lowest BCUT2D eigenvalue weighted by molar-refractivity contribution is -0.131. The minimum Gasteiger partial charge on any atom is -0.478 e. The molecule has 4 rings (SSSR count). The van der Waals surface area contributed by atoms with E-state index in [9.17, 15) is 9.18 Å². The minimum atomic E-state index is -1.59. The number of fused-ring (bicyclic) bond motifs is 2. The normalized spacial score (nSPS) is 19.6. The van der Waals surface area contributed by atoms with Gasteiger partial charge in [0.15, 0.2) is 5.58 Å². The molecule has 1 aliphatic rings. The van der Waals surface area contributed by atoms with Crippen molar-refractivity contribution in [3.63, 3.8) is 0 Å². The van der Waals surface area contributed by atoms with Gasteiger partial charge in [0.25, 0.3) is 0 Å². The van der Waals surface area contributed by atoms with Gasteiger partial charge in [0, 0.05) is 29.6 Å². The van der Waals surface area contributed by atoms with E-state index in [0.717, 1.165) is 29.8 Å². The molecule has 3 aromatic rings. The average Bonchev–Trinajstić information content (AvgIpc) is 3.13. The van der Waals surface area contributed by atoms with E-state index >= 15 is 8.78 Å². The van der Waals surface area contributed by atoms with Crippen LogP contribution in [0.4, 0.5) is 13.2 Å². The summed E-state index contributed by atoms with van der Waals surface area (Å²) in [4.78, 5) is 12.5. The first kappa shape index (κ1) is 22.1. The molecule has 0 spiro atoms. The van der Waals surface area contributed by atoms with Crippen LogP contribution in [0.25, 0.3) is 17.0 Å². The Bertz CT molecular complexity index is 1190. The number of carbonyl (C=O) groups is 1. The number of nitrogens with zero attached hydrogens (tertiary/aromatic N) is 2. The maximum atomic E-state index is 15.3. The molecule has 1 aromatic heterocycles. The largest absolute Gasteiger partial charge is 0.478 e. The molecule has 8 heteroatoms. The highest BCUT2D eigenvalue weighted by Gasteiger charge is 2.39. The van der Waals surface area contributed by atoms with Crippen LogP contribution < -0.4 is 0 Å². The summed E-state index contributed by atoms with van der Waals surface area (Å²) >= 11 is 0. The molecule has 32 heavy (non-hydrogen) atoms. The van der Waals surface area contributed by atoms with Crippen molar-refractivity contribution in [1.82, 2.24) is 10.1 Å². The van der Waals surface area contributed by atoms with Gasteiger partial charge in [-0.25, -0.2) is 18.0 Å². The molecule has 0 fully saturated rings. The molecule has 0 aliphatic carbocycles. The van der Waals surface area contributed by atoms with Gasteiger partial charge in [-0.3, -0.25) is 4.90 Å². The molecule has 0 radical (unpaired) electrons. The molecule has 1 N–H and O–H groups in total. The van der Waals surface area contributed by atoms with Gasteiger partial charge in [-0.1, -0.05) is 5.16 Å². The van der Waals surface area contributed by atoms with Crippen molar-refractivity contribution in [2.75, 3.05) is 6.54 Å². The maximum absolute atomic E-state index is 15.3. The molecule has 0 saturated carbocycles. The third kappa shape index (κ3) is 4.27. The van der Waals surface area contributed by atoms with Gasteiger partial charge in [-0.15, -0.1) is 0 Å². The molecular formula is C24H23F3N2O3. The average molecular weight is 444 g/mol. The van der Waals surface area contributed by atoms with Crippen molar-refractivity contribution < 1.29 is 27.6 Å². The Hall–Kier alpha value is -3.13. The first-order valence-corrected chi connectivity index (χ1v) is 10.3. The van der Waals surface area contributed by atoms with E-state index in [-0.39, 0.29) is 23.7 Å². The van der Waals surface area contributed by atoms with E-state index in [0.29, 0.717) is 23.0 Å². The monoisotopic (exact) mass is 444 g/mol. The van der Waals surface area contributed by atoms with E-state index in [4.69, 9.17) is 9.63 Å². The highest BCUT2D eigenvalue weighted by Crippen LogP contribution is 2.42. The molecule has 2 aromatic carbocycles. The quantitative estimate of drug-likeness (QED) is 0.542. The van der Waals surface area contributed by atoms with Gasteiger partial charge in [0.05, 0.1) is 12.2 Å². The van der Waals surface area contributed by atoms with Crippen LogP contribution in [0, 0.1) is 11.6 Å². The van der Waals surface area contributed by atoms with Gasteiger partial charge in [-0.05, 0) is 74.2 Å². The lowest BCUT2D eigenvalue weighted by Crippen LogP contribution is -2.48. The van der Waals surface area contributed by atoms with Crippen LogP contribution in [0.2, 0.25) is 0 Å². The molecular weight excluding hydrogens is 421 g/mol. The zero-order valence-electron chi connectivity index (χ0n) is 17.9. The number of carboxylic acids is 1. The third-order valence-corrected chi connectivity index (χ3v) is 5.67. The molecule has 2 heterocycles. The van der Waals surface area contributed by atoms with E-state index in [2.05, 4.69) is 5.16 Å². The van der Waals surface area contributed by atoms with Crippen molar-refractivity contribution in [3.05, 3.63) is 70.4 Å². The summed E-state index contributed by atoms with van der Waals surface area (Å²) in [6, 6.07) is 4.71. The standard InChI is InChI=1S/C24H23F3N2O3/c1-13-6-15-10-20-16(11-28-32-20)9-17(15)23(29(13)12-24(2,3)27)22-18(25)7-14(8-19(22)26)4-5-21(30)31/h4-5,7-11,13,23H,6,12H2,1-3H3,(H,30,31)/b5-4+/t13-,23+/m0/s1. The summed E-state index contributed by atoms with van der Waals surface area (Å²) in [5, 5.41) is 13.3. The van der Waals surface area contributed by atoms with Crippen molar-refractivity contribution in [1.29, 1.82) is 0 Å². The summed E-state index contributed by atoms with van der Waals surface area (Å²) < 4.78 is 50.6. The maximum Gasteiger partial charge on any atom is 0.328 e. The number of aromatic nitrogens is 1. The Morgan fingerprint density at radius 3 is 2.59 bits per heavy atom. The Balaban J connectivity index is 1.91. The van der Waals surface area contributed by atoms with E-state index in [1.807, 2.05) is 13.0 Å².